The number of pyridine rings is 2. The lowest BCUT2D eigenvalue weighted by Gasteiger charge is -2.32. The van der Waals surface area contributed by atoms with Crippen molar-refractivity contribution in [1.82, 2.24) is 24.8 Å². The molecule has 0 amide bonds. The van der Waals surface area contributed by atoms with Gasteiger partial charge in [-0.1, -0.05) is 11.6 Å². The van der Waals surface area contributed by atoms with Crippen molar-refractivity contribution in [3.05, 3.63) is 92.5 Å². The molecule has 1 aliphatic heterocycles. The van der Waals surface area contributed by atoms with E-state index < -0.39 is 17.0 Å². The van der Waals surface area contributed by atoms with Crippen molar-refractivity contribution in [1.29, 1.82) is 0 Å². The van der Waals surface area contributed by atoms with Gasteiger partial charge in [0.2, 0.25) is 0 Å². The van der Waals surface area contributed by atoms with Gasteiger partial charge in [-0.2, -0.15) is 0 Å². The number of aliphatic hydroxyl groups is 1. The lowest BCUT2D eigenvalue weighted by atomic mass is 9.94. The Hall–Kier alpha value is -3.30. The van der Waals surface area contributed by atoms with Crippen LogP contribution in [-0.4, -0.2) is 24.6 Å². The topological polar surface area (TPSA) is 102 Å². The van der Waals surface area contributed by atoms with Crippen molar-refractivity contribution in [2.45, 2.75) is 58.4 Å². The van der Waals surface area contributed by atoms with Crippen molar-refractivity contribution in [2.75, 3.05) is 0 Å². The maximum Gasteiger partial charge on any atom is 0.273 e. The third-order valence-corrected chi connectivity index (χ3v) is 6.31. The molecule has 0 unspecified atom stereocenters. The molecule has 10 heteroatoms. The van der Waals surface area contributed by atoms with Gasteiger partial charge in [-0.25, -0.2) is 14.4 Å². The predicted molar refractivity (Wildman–Crippen MR) is 130 cm³/mol. The highest BCUT2D eigenvalue weighted by atomic mass is 35.5. The van der Waals surface area contributed by atoms with E-state index in [0.29, 0.717) is 23.6 Å². The zero-order valence-electron chi connectivity index (χ0n) is 19.9. The van der Waals surface area contributed by atoms with Crippen LogP contribution in [0.25, 0.3) is 0 Å². The SMILES string of the molecule is CC1=CN[C@@H](c2ccnc(C(C)(C)O)n2)C[C@H]1n1c(C)cc(OCc2cnccc2F)c(Cl)c1=O. The molecule has 3 aromatic rings. The number of halogens is 2. The molecule has 4 heterocycles. The number of allylic oxidation sites excluding steroid dienone is 1. The fourth-order valence-electron chi connectivity index (χ4n) is 4.04. The number of aryl methyl sites for hydroxylation is 1. The highest BCUT2D eigenvalue weighted by Crippen LogP contribution is 2.34. The molecule has 8 nitrogen and oxygen atoms in total. The number of nitrogens with one attached hydrogen (secondary N) is 1. The minimum absolute atomic E-state index is 0.0749. The van der Waals surface area contributed by atoms with E-state index in [4.69, 9.17) is 16.3 Å². The monoisotopic (exact) mass is 499 g/mol. The first-order valence-electron chi connectivity index (χ1n) is 11.2. The first-order chi connectivity index (χ1) is 16.6. The smallest absolute Gasteiger partial charge is 0.273 e. The van der Waals surface area contributed by atoms with E-state index in [9.17, 15) is 14.3 Å². The van der Waals surface area contributed by atoms with Gasteiger partial charge in [-0.05, 0) is 58.0 Å². The molecule has 0 spiro atoms. The van der Waals surface area contributed by atoms with Crippen LogP contribution in [0.2, 0.25) is 5.02 Å². The standard InChI is InChI=1S/C25H27ClFN5O3/c1-14-11-30-19(18-6-8-29-24(31-18)25(3,4)34)10-20(14)32-15(2)9-21(22(26)23(32)33)35-13-16-12-28-7-5-17(16)27/h5-9,11-12,19-20,30,34H,10,13H2,1-4H3/t19-,20-/m1/s1. The van der Waals surface area contributed by atoms with Crippen LogP contribution < -0.4 is 15.6 Å². The molecule has 0 fully saturated rings. The number of ether oxygens (including phenoxy) is 1. The van der Waals surface area contributed by atoms with Crippen LogP contribution in [0.5, 0.6) is 5.75 Å². The quantitative estimate of drug-likeness (QED) is 0.526. The van der Waals surface area contributed by atoms with Crippen molar-refractivity contribution in [2.24, 2.45) is 0 Å². The first kappa shape index (κ1) is 24.8. The third kappa shape index (κ3) is 5.21. The van der Waals surface area contributed by atoms with Gasteiger partial charge < -0.3 is 19.7 Å². The van der Waals surface area contributed by atoms with Crippen LogP contribution in [0.3, 0.4) is 0 Å². The molecule has 0 bridgehead atoms. The number of nitrogens with zero attached hydrogens (tertiary/aromatic N) is 4. The van der Waals surface area contributed by atoms with Crippen molar-refractivity contribution in [3.8, 4) is 5.75 Å². The maximum absolute atomic E-state index is 13.9. The van der Waals surface area contributed by atoms with E-state index in [2.05, 4.69) is 20.3 Å². The van der Waals surface area contributed by atoms with E-state index in [0.717, 1.165) is 5.57 Å². The Bertz CT molecular complexity index is 1340. The van der Waals surface area contributed by atoms with Crippen molar-refractivity contribution in [3.63, 3.8) is 0 Å². The number of hydrogen-bond acceptors (Lipinski definition) is 7. The van der Waals surface area contributed by atoms with Gasteiger partial charge >= 0.3 is 0 Å². The van der Waals surface area contributed by atoms with Gasteiger partial charge in [0.15, 0.2) is 5.82 Å². The summed E-state index contributed by atoms with van der Waals surface area (Å²) in [6.45, 7) is 6.89. The highest BCUT2D eigenvalue weighted by Gasteiger charge is 2.29. The predicted octanol–water partition coefficient (Wildman–Crippen LogP) is 4.12. The molecule has 2 N–H and O–H groups in total. The van der Waals surface area contributed by atoms with Gasteiger partial charge in [0.25, 0.3) is 5.56 Å². The molecule has 0 saturated carbocycles. The summed E-state index contributed by atoms with van der Waals surface area (Å²) in [6, 6.07) is 4.22. The average Bonchev–Trinajstić information content (AvgIpc) is 2.82. The van der Waals surface area contributed by atoms with Crippen LogP contribution in [0, 0.1) is 12.7 Å². The summed E-state index contributed by atoms with van der Waals surface area (Å²) in [5.41, 5.74) is 1.00. The maximum atomic E-state index is 13.9. The lowest BCUT2D eigenvalue weighted by Crippen LogP contribution is -2.35. The minimum Gasteiger partial charge on any atom is -0.487 e. The van der Waals surface area contributed by atoms with Gasteiger partial charge in [0.05, 0.1) is 17.8 Å². The molecule has 0 radical (unpaired) electrons. The Labute approximate surface area is 207 Å². The number of hydrogen-bond donors (Lipinski definition) is 2. The van der Waals surface area contributed by atoms with Gasteiger partial charge in [-0.3, -0.25) is 9.78 Å². The highest BCUT2D eigenvalue weighted by molar-refractivity contribution is 6.31. The van der Waals surface area contributed by atoms with Crippen molar-refractivity contribution >= 4 is 11.6 Å². The Morgan fingerprint density at radius 3 is 2.80 bits per heavy atom. The summed E-state index contributed by atoms with van der Waals surface area (Å²) in [5.74, 6) is 0.0640. The molecule has 3 aromatic heterocycles. The molecule has 4 rings (SSSR count). The summed E-state index contributed by atoms with van der Waals surface area (Å²) >= 11 is 6.42. The van der Waals surface area contributed by atoms with E-state index in [1.807, 2.05) is 13.1 Å². The molecule has 184 valence electrons. The second-order valence-electron chi connectivity index (χ2n) is 9.12. The second-order valence-corrected chi connectivity index (χ2v) is 9.50. The second kappa shape index (κ2) is 9.75. The Kier molecular flexibility index (Phi) is 6.91. The molecule has 1 aliphatic rings. The number of rotatable bonds is 6. The first-order valence-corrected chi connectivity index (χ1v) is 11.6. The fourth-order valence-corrected chi connectivity index (χ4v) is 4.24. The number of aromatic nitrogens is 4. The summed E-state index contributed by atoms with van der Waals surface area (Å²) < 4.78 is 21.2. The molecular formula is C25H27ClFN5O3. The molecule has 2 atom stereocenters. The molecule has 35 heavy (non-hydrogen) atoms. The third-order valence-electron chi connectivity index (χ3n) is 5.96. The largest absolute Gasteiger partial charge is 0.487 e. The summed E-state index contributed by atoms with van der Waals surface area (Å²) in [7, 11) is 0. The lowest BCUT2D eigenvalue weighted by molar-refractivity contribution is 0.0682. The van der Waals surface area contributed by atoms with Crippen LogP contribution >= 0.6 is 11.6 Å². The minimum atomic E-state index is -1.18. The van der Waals surface area contributed by atoms with Gasteiger partial charge in [0.1, 0.15) is 28.8 Å². The fraction of sp³-hybridized carbons (Fsp3) is 0.360. The Morgan fingerprint density at radius 1 is 1.31 bits per heavy atom. The zero-order valence-corrected chi connectivity index (χ0v) is 20.7. The van der Waals surface area contributed by atoms with E-state index in [-0.39, 0.29) is 35.0 Å². The summed E-state index contributed by atoms with van der Waals surface area (Å²) in [6.07, 6.45) is 6.73. The van der Waals surface area contributed by atoms with Crippen LogP contribution in [0.4, 0.5) is 4.39 Å². The molecule has 0 saturated heterocycles. The summed E-state index contributed by atoms with van der Waals surface area (Å²) in [4.78, 5) is 25.9. The van der Waals surface area contributed by atoms with E-state index >= 15 is 0 Å². The van der Waals surface area contributed by atoms with Crippen molar-refractivity contribution < 1.29 is 14.2 Å². The Balaban J connectivity index is 1.62. The van der Waals surface area contributed by atoms with E-state index in [1.54, 1.807) is 43.7 Å². The van der Waals surface area contributed by atoms with Crippen LogP contribution in [0.15, 0.2) is 53.4 Å². The Morgan fingerprint density at radius 2 is 2.09 bits per heavy atom. The molecule has 0 aliphatic carbocycles. The van der Waals surface area contributed by atoms with Crippen LogP contribution in [0.1, 0.15) is 62.1 Å². The molecular weight excluding hydrogens is 473 g/mol. The molecule has 0 aromatic carbocycles. The average molecular weight is 500 g/mol. The normalized spacial score (nSPS) is 18.1. The van der Waals surface area contributed by atoms with E-state index in [1.165, 1.54) is 18.5 Å². The summed E-state index contributed by atoms with van der Waals surface area (Å²) in [5, 5.41) is 13.5. The van der Waals surface area contributed by atoms with Crippen LogP contribution in [-0.2, 0) is 12.2 Å². The van der Waals surface area contributed by atoms with Gasteiger partial charge in [-0.15, -0.1) is 0 Å². The zero-order chi connectivity index (χ0) is 25.3. The van der Waals surface area contributed by atoms with Gasteiger partial charge in [0, 0.05) is 35.9 Å².